The summed E-state index contributed by atoms with van der Waals surface area (Å²) >= 11 is 5.23. The van der Waals surface area contributed by atoms with Gasteiger partial charge < -0.3 is 9.84 Å². The molecule has 1 heterocycles. The predicted molar refractivity (Wildman–Crippen MR) is 32.4 cm³/mol. The first kappa shape index (κ1) is 7.80. The summed E-state index contributed by atoms with van der Waals surface area (Å²) in [5.41, 5.74) is 0. The van der Waals surface area contributed by atoms with Gasteiger partial charge in [0, 0.05) is 0 Å². The Morgan fingerprint density at radius 2 is 2.55 bits per heavy atom. The van der Waals surface area contributed by atoms with E-state index in [-0.39, 0.29) is 11.4 Å². The monoisotopic (exact) mass is 178 g/mol. The molecule has 0 atom stereocenters. The normalized spacial score (nSPS) is 9.55. The molecule has 1 rings (SSSR count). The van der Waals surface area contributed by atoms with Gasteiger partial charge in [-0.05, 0) is 16.8 Å². The summed E-state index contributed by atoms with van der Waals surface area (Å²) < 4.78 is 8.80. The highest BCUT2D eigenvalue weighted by Crippen LogP contribution is 2.09. The van der Waals surface area contributed by atoms with Crippen molar-refractivity contribution < 1.29 is 19.2 Å². The van der Waals surface area contributed by atoms with Crippen LogP contribution < -0.4 is 4.74 Å². The van der Waals surface area contributed by atoms with Gasteiger partial charge in [0.25, 0.3) is 5.28 Å². The highest BCUT2D eigenvalue weighted by molar-refractivity contribution is 6.28. The van der Waals surface area contributed by atoms with Crippen LogP contribution in [0.4, 0.5) is 0 Å². The topological polar surface area (TPSA) is 85.5 Å². The van der Waals surface area contributed by atoms with E-state index in [1.54, 1.807) is 0 Å². The molecule has 1 aromatic rings. The van der Waals surface area contributed by atoms with E-state index in [0.717, 1.165) is 0 Å². The van der Waals surface area contributed by atoms with Crippen LogP contribution in [-0.4, -0.2) is 27.8 Å². The molecule has 11 heavy (non-hydrogen) atoms. The minimum absolute atomic E-state index is 0.120. The molecule has 1 aromatic heterocycles. The lowest BCUT2D eigenvalue weighted by molar-refractivity contribution is -0.139. The number of aromatic nitrogens is 2. The van der Waals surface area contributed by atoms with Crippen molar-refractivity contribution in [2.45, 2.75) is 0 Å². The summed E-state index contributed by atoms with van der Waals surface area (Å²) in [5.74, 6) is -1.13. The second kappa shape index (κ2) is 3.20. The highest BCUT2D eigenvalue weighted by Gasteiger charge is 2.06. The Kier molecular flexibility index (Phi) is 2.27. The maximum atomic E-state index is 9.93. The van der Waals surface area contributed by atoms with E-state index in [1.165, 1.54) is 0 Å². The molecule has 0 saturated heterocycles. The maximum absolute atomic E-state index is 9.93. The van der Waals surface area contributed by atoms with Crippen molar-refractivity contribution in [3.05, 3.63) is 5.28 Å². The largest absolute Gasteiger partial charge is 0.479 e. The molecule has 1 N–H and O–H groups in total. The Balaban J connectivity index is 2.45. The minimum Gasteiger partial charge on any atom is -0.479 e. The molecule has 0 aliphatic heterocycles. The van der Waals surface area contributed by atoms with Crippen molar-refractivity contribution in [2.75, 3.05) is 6.61 Å². The van der Waals surface area contributed by atoms with E-state index >= 15 is 0 Å². The van der Waals surface area contributed by atoms with Crippen molar-refractivity contribution in [3.63, 3.8) is 0 Å². The number of halogens is 1. The SMILES string of the molecule is O=C(O)COc1nc(Cl)no1. The molecular formula is C4H3ClN2O4. The number of carboxylic acids is 1. The molecule has 7 heteroatoms. The van der Waals surface area contributed by atoms with Crippen LogP contribution in [-0.2, 0) is 4.79 Å². The van der Waals surface area contributed by atoms with Crippen molar-refractivity contribution in [2.24, 2.45) is 0 Å². The molecular weight excluding hydrogens is 176 g/mol. The van der Waals surface area contributed by atoms with Gasteiger partial charge in [-0.1, -0.05) is 0 Å². The van der Waals surface area contributed by atoms with Gasteiger partial charge in [0.15, 0.2) is 6.61 Å². The van der Waals surface area contributed by atoms with Gasteiger partial charge in [0.1, 0.15) is 0 Å². The fourth-order valence-electron chi connectivity index (χ4n) is 0.375. The van der Waals surface area contributed by atoms with Crippen LogP contribution in [0, 0.1) is 0 Å². The highest BCUT2D eigenvalue weighted by atomic mass is 35.5. The number of aliphatic carboxylic acids is 1. The first-order valence-corrected chi connectivity index (χ1v) is 2.90. The van der Waals surface area contributed by atoms with Crippen molar-refractivity contribution in [3.8, 4) is 6.08 Å². The van der Waals surface area contributed by atoms with E-state index in [9.17, 15) is 4.79 Å². The van der Waals surface area contributed by atoms with Crippen LogP contribution in [0.15, 0.2) is 4.52 Å². The Morgan fingerprint density at radius 1 is 1.82 bits per heavy atom. The van der Waals surface area contributed by atoms with Gasteiger partial charge in [-0.25, -0.2) is 4.79 Å². The molecule has 0 radical (unpaired) electrons. The average molecular weight is 179 g/mol. The van der Waals surface area contributed by atoms with Crippen LogP contribution in [0.2, 0.25) is 5.28 Å². The summed E-state index contributed by atoms with van der Waals surface area (Å²) in [6.45, 7) is -0.529. The Bertz CT molecular complexity index is 260. The predicted octanol–water partition coefficient (Wildman–Crippen LogP) is 0.186. The van der Waals surface area contributed by atoms with Crippen molar-refractivity contribution >= 4 is 17.6 Å². The lowest BCUT2D eigenvalue weighted by atomic mass is 10.7. The maximum Gasteiger partial charge on any atom is 0.419 e. The Labute approximate surface area is 65.7 Å². The number of ether oxygens (including phenoxy) is 1. The molecule has 0 aliphatic rings. The zero-order valence-corrected chi connectivity index (χ0v) is 5.91. The number of hydrogen-bond acceptors (Lipinski definition) is 5. The van der Waals surface area contributed by atoms with Gasteiger partial charge >= 0.3 is 12.0 Å². The lowest BCUT2D eigenvalue weighted by Crippen LogP contribution is -2.09. The van der Waals surface area contributed by atoms with E-state index in [0.29, 0.717) is 0 Å². The third-order valence-electron chi connectivity index (χ3n) is 0.702. The fraction of sp³-hybridized carbons (Fsp3) is 0.250. The summed E-state index contributed by atoms with van der Waals surface area (Å²) in [4.78, 5) is 13.3. The standard InChI is InChI=1S/C4H3ClN2O4/c5-3-6-4(11-7-3)10-1-2(8)9/h1H2,(H,8,9). The summed E-state index contributed by atoms with van der Waals surface area (Å²) in [7, 11) is 0. The molecule has 60 valence electrons. The van der Waals surface area contributed by atoms with Crippen LogP contribution >= 0.6 is 11.6 Å². The van der Waals surface area contributed by atoms with Crippen LogP contribution in [0.25, 0.3) is 0 Å². The average Bonchev–Trinajstić information content (AvgIpc) is 2.31. The Hall–Kier alpha value is -1.30. The van der Waals surface area contributed by atoms with E-state index in [1.807, 2.05) is 0 Å². The van der Waals surface area contributed by atoms with Gasteiger partial charge in [0.05, 0.1) is 0 Å². The smallest absolute Gasteiger partial charge is 0.419 e. The molecule has 0 saturated carbocycles. The molecule has 0 aliphatic carbocycles. The second-order valence-electron chi connectivity index (χ2n) is 1.51. The number of hydrogen-bond donors (Lipinski definition) is 1. The molecule has 0 fully saturated rings. The quantitative estimate of drug-likeness (QED) is 0.711. The summed E-state index contributed by atoms with van der Waals surface area (Å²) in [6.07, 6.45) is -0.252. The van der Waals surface area contributed by atoms with Crippen molar-refractivity contribution in [1.82, 2.24) is 10.1 Å². The summed E-state index contributed by atoms with van der Waals surface area (Å²) in [6, 6.07) is 0. The van der Waals surface area contributed by atoms with Gasteiger partial charge in [-0.3, -0.25) is 4.52 Å². The number of rotatable bonds is 3. The molecule has 6 nitrogen and oxygen atoms in total. The molecule has 0 amide bonds. The third kappa shape index (κ3) is 2.42. The van der Waals surface area contributed by atoms with Crippen molar-refractivity contribution in [1.29, 1.82) is 0 Å². The van der Waals surface area contributed by atoms with Gasteiger partial charge in [-0.2, -0.15) is 0 Å². The van der Waals surface area contributed by atoms with E-state index in [4.69, 9.17) is 16.7 Å². The van der Waals surface area contributed by atoms with E-state index in [2.05, 4.69) is 19.4 Å². The molecule has 0 unspecified atom stereocenters. The number of nitrogens with zero attached hydrogens (tertiary/aromatic N) is 2. The van der Waals surface area contributed by atoms with E-state index < -0.39 is 12.6 Å². The van der Waals surface area contributed by atoms with Gasteiger partial charge in [0.2, 0.25) is 0 Å². The molecule has 0 spiro atoms. The number of carboxylic acid groups (broad SMARTS) is 1. The zero-order valence-electron chi connectivity index (χ0n) is 5.15. The lowest BCUT2D eigenvalue weighted by Gasteiger charge is -1.91. The summed E-state index contributed by atoms with van der Waals surface area (Å²) in [5, 5.41) is 11.2. The fourth-order valence-corrected chi connectivity index (χ4v) is 0.478. The van der Waals surface area contributed by atoms with Crippen LogP contribution in [0.5, 0.6) is 6.08 Å². The van der Waals surface area contributed by atoms with Crippen LogP contribution in [0.1, 0.15) is 0 Å². The zero-order chi connectivity index (χ0) is 8.27. The van der Waals surface area contributed by atoms with Gasteiger partial charge in [-0.15, -0.1) is 4.98 Å². The molecule has 0 aromatic carbocycles. The minimum atomic E-state index is -1.13. The number of carbonyl (C=O) groups is 1. The first-order valence-electron chi connectivity index (χ1n) is 2.52. The molecule has 0 bridgehead atoms. The first-order chi connectivity index (χ1) is 5.18. The Morgan fingerprint density at radius 3 is 3.00 bits per heavy atom. The second-order valence-corrected chi connectivity index (χ2v) is 1.85. The third-order valence-corrected chi connectivity index (χ3v) is 0.855. The van der Waals surface area contributed by atoms with Crippen LogP contribution in [0.3, 0.4) is 0 Å².